The molecule has 0 bridgehead atoms. The summed E-state index contributed by atoms with van der Waals surface area (Å²) in [7, 11) is -3.65. The van der Waals surface area contributed by atoms with Crippen LogP contribution < -0.4 is 0 Å². The van der Waals surface area contributed by atoms with E-state index in [0.717, 1.165) is 0 Å². The Labute approximate surface area is 107 Å². The summed E-state index contributed by atoms with van der Waals surface area (Å²) in [5, 5.41) is 0. The highest BCUT2D eigenvalue weighted by Gasteiger charge is 2.44. The molecule has 0 N–H and O–H groups in total. The van der Waals surface area contributed by atoms with Gasteiger partial charge in [0.15, 0.2) is 5.78 Å². The summed E-state index contributed by atoms with van der Waals surface area (Å²) in [4.78, 5) is 15.8. The molecule has 1 aliphatic heterocycles. The predicted molar refractivity (Wildman–Crippen MR) is 66.4 cm³/mol. The van der Waals surface area contributed by atoms with Crippen LogP contribution in [0.25, 0.3) is 0 Å². The second-order valence-electron chi connectivity index (χ2n) is 4.85. The van der Waals surface area contributed by atoms with Crippen molar-refractivity contribution in [3.8, 4) is 0 Å². The molecule has 0 amide bonds. The third-order valence-corrected chi connectivity index (χ3v) is 5.35. The Bertz CT molecular complexity index is 552. The molecular formula is C12H16N2O3S. The van der Waals surface area contributed by atoms with Gasteiger partial charge in [0.1, 0.15) is 4.90 Å². The molecule has 2 heterocycles. The summed E-state index contributed by atoms with van der Waals surface area (Å²) in [6.45, 7) is 3.68. The number of carbonyl (C=O) groups is 1. The van der Waals surface area contributed by atoms with Crippen LogP contribution in [0.1, 0.15) is 26.7 Å². The Kier molecular flexibility index (Phi) is 3.25. The van der Waals surface area contributed by atoms with Gasteiger partial charge < -0.3 is 0 Å². The third-order valence-electron chi connectivity index (χ3n) is 3.29. The minimum atomic E-state index is -3.65. The highest BCUT2D eigenvalue weighted by molar-refractivity contribution is 7.89. The molecule has 1 fully saturated rings. The van der Waals surface area contributed by atoms with Crippen molar-refractivity contribution >= 4 is 15.8 Å². The van der Waals surface area contributed by atoms with Crippen LogP contribution in [0, 0.1) is 0 Å². The molecule has 0 unspecified atom stereocenters. The molecule has 6 heteroatoms. The van der Waals surface area contributed by atoms with Crippen molar-refractivity contribution in [1.82, 2.24) is 9.29 Å². The van der Waals surface area contributed by atoms with Gasteiger partial charge in [0.25, 0.3) is 0 Å². The number of hydrogen-bond donors (Lipinski definition) is 0. The van der Waals surface area contributed by atoms with Gasteiger partial charge in [-0.15, -0.1) is 0 Å². The Balaban J connectivity index is 2.45. The van der Waals surface area contributed by atoms with E-state index in [-0.39, 0.29) is 10.7 Å². The number of Topliss-reactive ketones (excluding diaryl/α,β-unsaturated/α-hetero) is 1. The Morgan fingerprint density at radius 2 is 2.11 bits per heavy atom. The number of carbonyl (C=O) groups excluding carboxylic acids is 1. The number of aromatic nitrogens is 1. The summed E-state index contributed by atoms with van der Waals surface area (Å²) in [6, 6.07) is 3.07. The van der Waals surface area contributed by atoms with Crippen LogP contribution in [0.4, 0.5) is 0 Å². The number of piperidine rings is 1. The molecule has 1 aliphatic rings. The predicted octanol–water partition coefficient (Wildman–Crippen LogP) is 1.21. The zero-order chi connectivity index (χ0) is 13.4. The van der Waals surface area contributed by atoms with Crippen molar-refractivity contribution < 1.29 is 13.2 Å². The van der Waals surface area contributed by atoms with E-state index in [1.807, 2.05) is 0 Å². The van der Waals surface area contributed by atoms with Crippen LogP contribution in [0.3, 0.4) is 0 Å². The van der Waals surface area contributed by atoms with Gasteiger partial charge in [0, 0.05) is 25.4 Å². The van der Waals surface area contributed by atoms with Gasteiger partial charge in [-0.05, 0) is 32.4 Å². The van der Waals surface area contributed by atoms with E-state index in [4.69, 9.17) is 0 Å². The molecule has 0 atom stereocenters. The SMILES string of the molecule is CC1(C)C(=O)CCCN1S(=O)(=O)c1cccnc1. The quantitative estimate of drug-likeness (QED) is 0.808. The number of rotatable bonds is 2. The minimum absolute atomic E-state index is 0.0405. The van der Waals surface area contributed by atoms with Crippen molar-refractivity contribution in [2.24, 2.45) is 0 Å². The Morgan fingerprint density at radius 1 is 1.39 bits per heavy atom. The summed E-state index contributed by atoms with van der Waals surface area (Å²) < 4.78 is 26.2. The molecule has 0 aromatic carbocycles. The maximum absolute atomic E-state index is 12.5. The van der Waals surface area contributed by atoms with E-state index in [1.165, 1.54) is 22.8 Å². The zero-order valence-electron chi connectivity index (χ0n) is 10.5. The van der Waals surface area contributed by atoms with Gasteiger partial charge in [-0.1, -0.05) is 0 Å². The second kappa shape index (κ2) is 4.44. The Morgan fingerprint density at radius 3 is 2.72 bits per heavy atom. The number of hydrogen-bond acceptors (Lipinski definition) is 4. The van der Waals surface area contributed by atoms with Gasteiger partial charge in [-0.25, -0.2) is 8.42 Å². The lowest BCUT2D eigenvalue weighted by molar-refractivity contribution is -0.129. The molecule has 1 aromatic rings. The fraction of sp³-hybridized carbons (Fsp3) is 0.500. The van der Waals surface area contributed by atoms with Crippen molar-refractivity contribution in [3.05, 3.63) is 24.5 Å². The van der Waals surface area contributed by atoms with Gasteiger partial charge in [-0.2, -0.15) is 4.31 Å². The maximum Gasteiger partial charge on any atom is 0.245 e. The minimum Gasteiger partial charge on any atom is -0.298 e. The van der Waals surface area contributed by atoms with Crippen molar-refractivity contribution in [2.75, 3.05) is 6.54 Å². The second-order valence-corrected chi connectivity index (χ2v) is 6.71. The number of ketones is 1. The lowest BCUT2D eigenvalue weighted by Gasteiger charge is -2.39. The lowest BCUT2D eigenvalue weighted by Crippen LogP contribution is -2.56. The Hall–Kier alpha value is -1.27. The summed E-state index contributed by atoms with van der Waals surface area (Å²) in [6.07, 6.45) is 3.84. The topological polar surface area (TPSA) is 67.3 Å². The first kappa shape index (κ1) is 13.2. The third kappa shape index (κ3) is 2.06. The molecule has 1 saturated heterocycles. The molecule has 2 rings (SSSR count). The van der Waals surface area contributed by atoms with E-state index in [1.54, 1.807) is 19.9 Å². The molecular weight excluding hydrogens is 252 g/mol. The van der Waals surface area contributed by atoms with Crippen LogP contribution in [0.5, 0.6) is 0 Å². The van der Waals surface area contributed by atoms with Crippen molar-refractivity contribution in [3.63, 3.8) is 0 Å². The molecule has 1 aromatic heterocycles. The summed E-state index contributed by atoms with van der Waals surface area (Å²) in [5.74, 6) is -0.0405. The van der Waals surface area contributed by atoms with E-state index in [2.05, 4.69) is 4.98 Å². The van der Waals surface area contributed by atoms with Crippen molar-refractivity contribution in [1.29, 1.82) is 0 Å². The van der Waals surface area contributed by atoms with Gasteiger partial charge in [0.05, 0.1) is 5.54 Å². The first-order valence-electron chi connectivity index (χ1n) is 5.83. The molecule has 5 nitrogen and oxygen atoms in total. The highest BCUT2D eigenvalue weighted by Crippen LogP contribution is 2.30. The first-order chi connectivity index (χ1) is 8.37. The molecule has 98 valence electrons. The van der Waals surface area contributed by atoms with Crippen molar-refractivity contribution in [2.45, 2.75) is 37.1 Å². The highest BCUT2D eigenvalue weighted by atomic mass is 32.2. The van der Waals surface area contributed by atoms with E-state index in [0.29, 0.717) is 19.4 Å². The molecule has 18 heavy (non-hydrogen) atoms. The average molecular weight is 268 g/mol. The number of nitrogens with zero attached hydrogens (tertiary/aromatic N) is 2. The van der Waals surface area contributed by atoms with Crippen LogP contribution in [-0.4, -0.2) is 35.6 Å². The van der Waals surface area contributed by atoms with Crippen LogP contribution in [-0.2, 0) is 14.8 Å². The molecule has 0 saturated carbocycles. The zero-order valence-corrected chi connectivity index (χ0v) is 11.3. The number of sulfonamides is 1. The molecule has 0 spiro atoms. The van der Waals surface area contributed by atoms with Crippen LogP contribution >= 0.6 is 0 Å². The van der Waals surface area contributed by atoms with E-state index < -0.39 is 15.6 Å². The van der Waals surface area contributed by atoms with E-state index >= 15 is 0 Å². The standard InChI is InChI=1S/C12H16N2O3S/c1-12(2)11(15)6-4-8-14(12)18(16,17)10-5-3-7-13-9-10/h3,5,7,9H,4,6,8H2,1-2H3. The smallest absolute Gasteiger partial charge is 0.245 e. The monoisotopic (exact) mass is 268 g/mol. The molecule has 0 aliphatic carbocycles. The van der Waals surface area contributed by atoms with E-state index in [9.17, 15) is 13.2 Å². The average Bonchev–Trinajstić information content (AvgIpc) is 2.33. The summed E-state index contributed by atoms with van der Waals surface area (Å²) >= 11 is 0. The summed E-state index contributed by atoms with van der Waals surface area (Å²) in [5.41, 5.74) is -0.979. The normalized spacial score (nSPS) is 20.9. The fourth-order valence-corrected chi connectivity index (χ4v) is 3.93. The number of pyridine rings is 1. The van der Waals surface area contributed by atoms with Gasteiger partial charge >= 0.3 is 0 Å². The fourth-order valence-electron chi connectivity index (χ4n) is 2.16. The largest absolute Gasteiger partial charge is 0.298 e. The van der Waals surface area contributed by atoms with Gasteiger partial charge in [0.2, 0.25) is 10.0 Å². The van der Waals surface area contributed by atoms with Gasteiger partial charge in [-0.3, -0.25) is 9.78 Å². The lowest BCUT2D eigenvalue weighted by atomic mass is 9.92. The first-order valence-corrected chi connectivity index (χ1v) is 7.27. The van der Waals surface area contributed by atoms with Crippen LogP contribution in [0.2, 0.25) is 0 Å². The van der Waals surface area contributed by atoms with Crippen LogP contribution in [0.15, 0.2) is 29.4 Å². The maximum atomic E-state index is 12.5. The molecule has 0 radical (unpaired) electrons.